The van der Waals surface area contributed by atoms with Gasteiger partial charge in [0.25, 0.3) is 5.91 Å². The van der Waals surface area contributed by atoms with Crippen molar-refractivity contribution >= 4 is 56.1 Å². The second-order valence-corrected chi connectivity index (χ2v) is 10.6. The van der Waals surface area contributed by atoms with Crippen molar-refractivity contribution in [2.45, 2.75) is 31.1 Å². The molecule has 1 N–H and O–H groups in total. The van der Waals surface area contributed by atoms with Gasteiger partial charge >= 0.3 is 0 Å². The molecule has 0 aromatic heterocycles. The van der Waals surface area contributed by atoms with E-state index in [4.69, 9.17) is 5.10 Å². The summed E-state index contributed by atoms with van der Waals surface area (Å²) in [5, 5.41) is 9.55. The number of anilines is 1. The maximum atomic E-state index is 12.7. The zero-order chi connectivity index (χ0) is 24.4. The third kappa shape index (κ3) is 5.39. The van der Waals surface area contributed by atoms with E-state index in [0.29, 0.717) is 17.3 Å². The molecule has 176 valence electrons. The highest BCUT2D eigenvalue weighted by Crippen LogP contribution is 2.39. The van der Waals surface area contributed by atoms with Crippen LogP contribution in [-0.4, -0.2) is 33.0 Å². The highest BCUT2D eigenvalue weighted by Gasteiger charge is 2.39. The summed E-state index contributed by atoms with van der Waals surface area (Å²) >= 11 is 4.81. The molecule has 0 saturated heterocycles. The third-order valence-electron chi connectivity index (χ3n) is 5.90. The molecule has 2 aliphatic heterocycles. The summed E-state index contributed by atoms with van der Waals surface area (Å²) in [6.45, 7) is 2.06. The summed E-state index contributed by atoms with van der Waals surface area (Å²) in [5.74, 6) is -0.519. The van der Waals surface area contributed by atoms with Gasteiger partial charge in [-0.2, -0.15) is 10.1 Å². The highest BCUT2D eigenvalue weighted by molar-refractivity contribution is 9.10. The average Bonchev–Trinajstić information content (AvgIpc) is 3.45. The van der Waals surface area contributed by atoms with Crippen LogP contribution in [0, 0.1) is 6.92 Å². The minimum absolute atomic E-state index is 0.0523. The normalized spacial score (nSPS) is 19.5. The Morgan fingerprint density at radius 2 is 1.77 bits per heavy atom. The van der Waals surface area contributed by atoms with Crippen LogP contribution in [0.4, 0.5) is 5.69 Å². The van der Waals surface area contributed by atoms with Gasteiger partial charge in [0.1, 0.15) is 5.25 Å². The summed E-state index contributed by atoms with van der Waals surface area (Å²) in [6, 6.07) is 25.5. The number of aryl methyl sites for hydroxylation is 1. The Bertz CT molecular complexity index is 1310. The number of hydrogen-bond acceptors (Lipinski definition) is 5. The number of aliphatic imine (C=N–C) groups is 1. The predicted octanol–water partition coefficient (Wildman–Crippen LogP) is 5.94. The number of carbonyl (C=O) groups is 2. The number of hydrazone groups is 1. The van der Waals surface area contributed by atoms with Crippen LogP contribution in [0.25, 0.3) is 0 Å². The molecule has 2 heterocycles. The lowest BCUT2D eigenvalue weighted by molar-refractivity contribution is -0.121. The molecule has 5 rings (SSSR count). The lowest BCUT2D eigenvalue weighted by atomic mass is 9.98. The predicted molar refractivity (Wildman–Crippen MR) is 145 cm³/mol. The zero-order valence-electron chi connectivity index (χ0n) is 19.0. The Morgan fingerprint density at radius 1 is 1.06 bits per heavy atom. The Labute approximate surface area is 216 Å². The zero-order valence-corrected chi connectivity index (χ0v) is 21.4. The molecular weight excluding hydrogens is 524 g/mol. The van der Waals surface area contributed by atoms with E-state index < -0.39 is 5.25 Å². The molecule has 8 heteroatoms. The number of nitrogens with zero attached hydrogens (tertiary/aromatic N) is 3. The largest absolute Gasteiger partial charge is 0.326 e. The Kier molecular flexibility index (Phi) is 6.83. The molecule has 6 nitrogen and oxygen atoms in total. The lowest BCUT2D eigenvalue weighted by Gasteiger charge is -2.23. The topological polar surface area (TPSA) is 74.1 Å². The minimum Gasteiger partial charge on any atom is -0.326 e. The van der Waals surface area contributed by atoms with Crippen LogP contribution in [0.1, 0.15) is 35.6 Å². The van der Waals surface area contributed by atoms with E-state index in [1.54, 1.807) is 0 Å². The van der Waals surface area contributed by atoms with Gasteiger partial charge < -0.3 is 5.32 Å². The van der Waals surface area contributed by atoms with Gasteiger partial charge in [-0.05, 0) is 42.3 Å². The van der Waals surface area contributed by atoms with E-state index in [-0.39, 0.29) is 24.3 Å². The number of benzene rings is 3. The molecule has 2 amide bonds. The van der Waals surface area contributed by atoms with Crippen LogP contribution in [0.2, 0.25) is 0 Å². The molecule has 0 spiro atoms. The van der Waals surface area contributed by atoms with Crippen LogP contribution >= 0.6 is 27.7 Å². The van der Waals surface area contributed by atoms with Gasteiger partial charge in [-0.15, -0.1) is 0 Å². The molecule has 0 unspecified atom stereocenters. The first-order valence-electron chi connectivity index (χ1n) is 11.3. The summed E-state index contributed by atoms with van der Waals surface area (Å²) in [6.07, 6.45) is 0.744. The molecule has 2 atom stereocenters. The maximum absolute atomic E-state index is 12.7. The summed E-state index contributed by atoms with van der Waals surface area (Å²) in [5.41, 5.74) is 4.97. The first-order valence-corrected chi connectivity index (χ1v) is 13.0. The van der Waals surface area contributed by atoms with Crippen molar-refractivity contribution in [2.24, 2.45) is 10.1 Å². The Morgan fingerprint density at radius 3 is 2.49 bits per heavy atom. The van der Waals surface area contributed by atoms with Crippen LogP contribution in [-0.2, 0) is 9.59 Å². The number of nitrogens with one attached hydrogen (secondary N) is 1. The van der Waals surface area contributed by atoms with Gasteiger partial charge in [-0.25, -0.2) is 5.01 Å². The quantitative estimate of drug-likeness (QED) is 0.430. The smallest absolute Gasteiger partial charge is 0.262 e. The fourth-order valence-electron chi connectivity index (χ4n) is 4.06. The Balaban J connectivity index is 1.36. The van der Waals surface area contributed by atoms with Crippen molar-refractivity contribution < 1.29 is 9.59 Å². The van der Waals surface area contributed by atoms with Crippen molar-refractivity contribution in [3.63, 3.8) is 0 Å². The van der Waals surface area contributed by atoms with Gasteiger partial charge in [0.2, 0.25) is 5.91 Å². The summed E-state index contributed by atoms with van der Waals surface area (Å²) < 4.78 is 0.998. The molecule has 0 bridgehead atoms. The van der Waals surface area contributed by atoms with E-state index >= 15 is 0 Å². The van der Waals surface area contributed by atoms with Gasteiger partial charge in [0.15, 0.2) is 5.17 Å². The first kappa shape index (κ1) is 23.5. The van der Waals surface area contributed by atoms with Gasteiger partial charge in [-0.1, -0.05) is 87.9 Å². The minimum atomic E-state index is -0.571. The van der Waals surface area contributed by atoms with Crippen molar-refractivity contribution in [3.05, 3.63) is 100 Å². The van der Waals surface area contributed by atoms with E-state index in [0.717, 1.165) is 21.3 Å². The number of amidine groups is 1. The second-order valence-electron chi connectivity index (χ2n) is 8.49. The highest BCUT2D eigenvalue weighted by atomic mass is 79.9. The fraction of sp³-hybridized carbons (Fsp3) is 0.185. The molecule has 0 aliphatic carbocycles. The summed E-state index contributed by atoms with van der Waals surface area (Å²) in [4.78, 5) is 29.6. The number of halogens is 1. The third-order valence-corrected chi connectivity index (χ3v) is 7.57. The summed E-state index contributed by atoms with van der Waals surface area (Å²) in [7, 11) is 0. The van der Waals surface area contributed by atoms with Gasteiger partial charge in [0.05, 0.1) is 11.8 Å². The standard InChI is InChI=1S/C27H23BrN4O2S/c1-17-7-9-18(10-8-17)22-15-23(19-11-13-20(28)14-12-19)32(31-22)27-30-26(34)24(35-27)16-25(33)29-21-5-3-2-4-6-21/h2-14,23-24H,15-16H2,1H3,(H,29,33)/t23-,24-/m1/s1. The number of amides is 2. The van der Waals surface area contributed by atoms with E-state index in [1.807, 2.05) is 47.5 Å². The molecule has 3 aromatic carbocycles. The molecule has 0 fully saturated rings. The Hall–Kier alpha value is -3.23. The van der Waals surface area contributed by atoms with Crippen molar-refractivity contribution in [1.82, 2.24) is 5.01 Å². The van der Waals surface area contributed by atoms with E-state index in [1.165, 1.54) is 17.3 Å². The molecule has 0 saturated carbocycles. The van der Waals surface area contributed by atoms with Crippen molar-refractivity contribution in [1.29, 1.82) is 0 Å². The van der Waals surface area contributed by atoms with Crippen molar-refractivity contribution in [3.8, 4) is 0 Å². The SMILES string of the molecule is Cc1ccc(C2=NN(C3=NC(=O)[C@@H](CC(=O)Nc4ccccc4)S3)[C@@H](c3ccc(Br)cc3)C2)cc1. The number of para-hydroxylation sites is 1. The van der Waals surface area contributed by atoms with Crippen LogP contribution < -0.4 is 5.32 Å². The van der Waals surface area contributed by atoms with Gasteiger partial charge in [-0.3, -0.25) is 9.59 Å². The molecule has 0 radical (unpaired) electrons. The van der Waals surface area contributed by atoms with Crippen molar-refractivity contribution in [2.75, 3.05) is 5.32 Å². The molecule has 35 heavy (non-hydrogen) atoms. The number of thioether (sulfide) groups is 1. The first-order chi connectivity index (χ1) is 17.0. The molecule has 3 aromatic rings. The fourth-order valence-corrected chi connectivity index (χ4v) is 5.38. The van der Waals surface area contributed by atoms with E-state index in [9.17, 15) is 9.59 Å². The van der Waals surface area contributed by atoms with Crippen LogP contribution in [0.5, 0.6) is 0 Å². The molecular formula is C27H23BrN4O2S. The van der Waals surface area contributed by atoms with Crippen LogP contribution in [0.15, 0.2) is 93.4 Å². The maximum Gasteiger partial charge on any atom is 0.262 e. The second kappa shape index (κ2) is 10.2. The monoisotopic (exact) mass is 546 g/mol. The van der Waals surface area contributed by atoms with Gasteiger partial charge in [0, 0.05) is 23.0 Å². The number of carbonyl (C=O) groups excluding carboxylic acids is 2. The lowest BCUT2D eigenvalue weighted by Crippen LogP contribution is -2.25. The number of hydrogen-bond donors (Lipinski definition) is 1. The van der Waals surface area contributed by atoms with Crippen LogP contribution in [0.3, 0.4) is 0 Å². The average molecular weight is 547 g/mol. The number of rotatable bonds is 5. The molecule has 2 aliphatic rings. The van der Waals surface area contributed by atoms with E-state index in [2.05, 4.69) is 69.6 Å².